The van der Waals surface area contributed by atoms with Gasteiger partial charge in [-0.3, -0.25) is 4.90 Å². The monoisotopic (exact) mass is 570 g/mol. The number of hydrogen-bond acceptors (Lipinski definition) is 8. The van der Waals surface area contributed by atoms with Crippen LogP contribution in [-0.4, -0.2) is 86.3 Å². The molecule has 5 rings (SSSR count). The first-order valence-corrected chi connectivity index (χ1v) is 14.0. The fourth-order valence-electron chi connectivity index (χ4n) is 5.60. The number of nitrogens with zero attached hydrogens (tertiary/aromatic N) is 5. The van der Waals surface area contributed by atoms with Gasteiger partial charge in [0.25, 0.3) is 0 Å². The number of anilines is 3. The van der Waals surface area contributed by atoms with Crippen molar-refractivity contribution in [1.29, 1.82) is 0 Å². The van der Waals surface area contributed by atoms with Crippen molar-refractivity contribution in [2.24, 2.45) is 0 Å². The highest BCUT2D eigenvalue weighted by Crippen LogP contribution is 2.32. The molecule has 0 unspecified atom stereocenters. The van der Waals surface area contributed by atoms with Crippen LogP contribution in [0.5, 0.6) is 11.5 Å². The molecule has 2 saturated heterocycles. The third kappa shape index (κ3) is 6.68. The number of piperidine rings is 1. The predicted molar refractivity (Wildman–Crippen MR) is 153 cm³/mol. The van der Waals surface area contributed by atoms with Crippen molar-refractivity contribution in [3.05, 3.63) is 65.2 Å². The van der Waals surface area contributed by atoms with Crippen molar-refractivity contribution in [3.63, 3.8) is 0 Å². The maximum atomic E-state index is 15.1. The van der Waals surface area contributed by atoms with Crippen molar-refractivity contribution in [3.8, 4) is 11.5 Å². The number of piperazine rings is 1. The molecule has 11 heteroatoms. The Morgan fingerprint density at radius 2 is 1.49 bits per heavy atom. The average molecular weight is 571 g/mol. The second-order valence-corrected chi connectivity index (χ2v) is 10.7. The summed E-state index contributed by atoms with van der Waals surface area (Å²) in [5.41, 5.74) is 1.72. The topological polar surface area (TPSA) is 66.0 Å². The molecule has 8 nitrogen and oxygen atoms in total. The van der Waals surface area contributed by atoms with Gasteiger partial charge in [-0.15, -0.1) is 0 Å². The Bertz CT molecular complexity index is 1300. The summed E-state index contributed by atoms with van der Waals surface area (Å²) in [6.45, 7) is 6.09. The number of methoxy groups -OCH3 is 2. The van der Waals surface area contributed by atoms with Crippen LogP contribution < -0.4 is 19.7 Å². The lowest BCUT2D eigenvalue weighted by molar-refractivity contribution is 0.0981. The minimum atomic E-state index is -0.755. The molecule has 3 heterocycles. The van der Waals surface area contributed by atoms with Gasteiger partial charge in [-0.05, 0) is 56.5 Å². The van der Waals surface area contributed by atoms with Gasteiger partial charge in [0.15, 0.2) is 23.1 Å². The fraction of sp³-hybridized carbons (Fsp3) is 0.467. The maximum Gasteiger partial charge on any atom is 0.227 e. The van der Waals surface area contributed by atoms with Crippen molar-refractivity contribution >= 4 is 17.3 Å². The number of aryl methyl sites for hydroxylation is 1. The van der Waals surface area contributed by atoms with Crippen LogP contribution in [-0.2, 0) is 12.8 Å². The summed E-state index contributed by atoms with van der Waals surface area (Å²) in [5, 5.41) is 3.03. The van der Waals surface area contributed by atoms with Gasteiger partial charge in [-0.25, -0.2) is 23.1 Å². The Hall–Kier alpha value is -3.57. The van der Waals surface area contributed by atoms with Gasteiger partial charge < -0.3 is 24.6 Å². The molecule has 0 atom stereocenters. The zero-order valence-corrected chi connectivity index (χ0v) is 23.8. The molecule has 0 amide bonds. The molecule has 0 bridgehead atoms. The van der Waals surface area contributed by atoms with Crippen molar-refractivity contribution in [2.75, 3.05) is 70.8 Å². The number of aromatic nitrogens is 2. The minimum Gasteiger partial charge on any atom is -0.494 e. The van der Waals surface area contributed by atoms with Crippen LogP contribution in [0.25, 0.3) is 0 Å². The van der Waals surface area contributed by atoms with Crippen LogP contribution >= 0.6 is 0 Å². The Morgan fingerprint density at radius 1 is 0.854 bits per heavy atom. The van der Waals surface area contributed by atoms with E-state index in [1.54, 1.807) is 18.5 Å². The molecular weight excluding hydrogens is 533 g/mol. The summed E-state index contributed by atoms with van der Waals surface area (Å²) in [5.74, 6) is -1.66. The molecule has 0 spiro atoms. The Morgan fingerprint density at radius 3 is 2.07 bits per heavy atom. The van der Waals surface area contributed by atoms with Gasteiger partial charge in [-0.1, -0.05) is 0 Å². The van der Waals surface area contributed by atoms with Crippen LogP contribution in [0.15, 0.2) is 36.7 Å². The first kappa shape index (κ1) is 28.9. The molecule has 1 N–H and O–H groups in total. The van der Waals surface area contributed by atoms with E-state index in [4.69, 9.17) is 9.47 Å². The Labute approximate surface area is 239 Å². The van der Waals surface area contributed by atoms with E-state index in [0.717, 1.165) is 52.1 Å². The molecule has 2 aromatic carbocycles. The highest BCUT2D eigenvalue weighted by atomic mass is 19.1. The Kier molecular flexibility index (Phi) is 9.14. The van der Waals surface area contributed by atoms with E-state index in [1.165, 1.54) is 26.4 Å². The lowest BCUT2D eigenvalue weighted by Gasteiger charge is -2.42. The molecule has 41 heavy (non-hydrogen) atoms. The van der Waals surface area contributed by atoms with Crippen LogP contribution in [0.3, 0.4) is 0 Å². The predicted octanol–water partition coefficient (Wildman–Crippen LogP) is 4.66. The van der Waals surface area contributed by atoms with Crippen molar-refractivity contribution in [2.45, 2.75) is 31.7 Å². The SMILES string of the molecule is COc1cc(OC)c(F)c(CCc2cnc(Nc3ccc(N4CCC(N5CCN(C)CC5)CC4)c(F)c3)nc2)c1F. The molecule has 0 radical (unpaired) electrons. The molecular formula is C30H37F3N6O2. The lowest BCUT2D eigenvalue weighted by Crippen LogP contribution is -2.52. The lowest BCUT2D eigenvalue weighted by atomic mass is 10.0. The van der Waals surface area contributed by atoms with E-state index < -0.39 is 11.6 Å². The van der Waals surface area contributed by atoms with Crippen LogP contribution in [0, 0.1) is 17.5 Å². The van der Waals surface area contributed by atoms with E-state index in [1.807, 2.05) is 6.07 Å². The number of hydrogen-bond donors (Lipinski definition) is 1. The zero-order chi connectivity index (χ0) is 28.9. The number of nitrogens with one attached hydrogen (secondary N) is 1. The van der Waals surface area contributed by atoms with E-state index in [-0.39, 0.29) is 29.3 Å². The summed E-state index contributed by atoms with van der Waals surface area (Å²) >= 11 is 0. The summed E-state index contributed by atoms with van der Waals surface area (Å²) in [7, 11) is 4.80. The van der Waals surface area contributed by atoms with Crippen molar-refractivity contribution in [1.82, 2.24) is 19.8 Å². The van der Waals surface area contributed by atoms with Gasteiger partial charge in [0.1, 0.15) is 5.82 Å². The van der Waals surface area contributed by atoms with Gasteiger partial charge in [0.05, 0.1) is 19.9 Å². The largest absolute Gasteiger partial charge is 0.494 e. The Balaban J connectivity index is 1.16. The summed E-state index contributed by atoms with van der Waals surface area (Å²) in [4.78, 5) is 15.7. The third-order valence-corrected chi connectivity index (χ3v) is 8.10. The molecule has 2 aliphatic rings. The fourth-order valence-corrected chi connectivity index (χ4v) is 5.60. The first-order valence-electron chi connectivity index (χ1n) is 14.0. The van der Waals surface area contributed by atoms with Crippen LogP contribution in [0.2, 0.25) is 0 Å². The summed E-state index contributed by atoms with van der Waals surface area (Å²) in [6.07, 6.45) is 5.61. The second kappa shape index (κ2) is 12.9. The van der Waals surface area contributed by atoms with E-state index in [0.29, 0.717) is 35.3 Å². The number of ether oxygens (including phenoxy) is 2. The second-order valence-electron chi connectivity index (χ2n) is 10.7. The molecule has 0 saturated carbocycles. The van der Waals surface area contributed by atoms with Crippen molar-refractivity contribution < 1.29 is 22.6 Å². The molecule has 2 fully saturated rings. The minimum absolute atomic E-state index is 0.0701. The highest BCUT2D eigenvalue weighted by Gasteiger charge is 2.27. The molecule has 3 aromatic rings. The standard InChI is InChI=1S/C30H37F3N6O2/c1-37-12-14-38(15-13-37)22-8-10-39(11-9-22)25-7-5-21(16-24(25)31)36-30-34-18-20(19-35-30)4-6-23-28(32)26(40-2)17-27(41-3)29(23)33/h5,7,16-19,22H,4,6,8-15H2,1-3H3,(H,34,35,36). The van der Waals surface area contributed by atoms with Crippen LogP contribution in [0.1, 0.15) is 24.0 Å². The molecule has 1 aromatic heterocycles. The smallest absolute Gasteiger partial charge is 0.227 e. The van der Waals surface area contributed by atoms with Gasteiger partial charge in [-0.2, -0.15) is 0 Å². The summed E-state index contributed by atoms with van der Waals surface area (Å²) in [6, 6.07) is 6.84. The van der Waals surface area contributed by atoms with Gasteiger partial charge in [0, 0.05) is 75.0 Å². The molecule has 2 aliphatic heterocycles. The molecule has 220 valence electrons. The normalized spacial score (nSPS) is 17.1. The highest BCUT2D eigenvalue weighted by molar-refractivity contribution is 5.60. The van der Waals surface area contributed by atoms with Gasteiger partial charge in [0.2, 0.25) is 5.95 Å². The summed E-state index contributed by atoms with van der Waals surface area (Å²) < 4.78 is 54.4. The average Bonchev–Trinajstić information content (AvgIpc) is 2.99. The van der Waals surface area contributed by atoms with Gasteiger partial charge >= 0.3 is 0 Å². The van der Waals surface area contributed by atoms with Crippen LogP contribution in [0.4, 0.5) is 30.5 Å². The number of likely N-dealkylation sites (N-methyl/N-ethyl adjacent to an activating group) is 1. The van der Waals surface area contributed by atoms with E-state index in [2.05, 4.69) is 37.0 Å². The van der Waals surface area contributed by atoms with E-state index in [9.17, 15) is 8.78 Å². The third-order valence-electron chi connectivity index (χ3n) is 8.10. The quantitative estimate of drug-likeness (QED) is 0.399. The maximum absolute atomic E-state index is 15.1. The molecule has 0 aliphatic carbocycles. The first-order chi connectivity index (χ1) is 19.9. The number of rotatable bonds is 9. The zero-order valence-electron chi connectivity index (χ0n) is 23.8. The number of benzene rings is 2. The number of halogens is 3. The van der Waals surface area contributed by atoms with E-state index >= 15 is 4.39 Å².